The first kappa shape index (κ1) is 18.1. The molecule has 6 heteroatoms. The average Bonchev–Trinajstić information content (AvgIpc) is 2.47. The molecule has 6 nitrogen and oxygen atoms in total. The maximum atomic E-state index is 11.5. The lowest BCUT2D eigenvalue weighted by atomic mass is 10.0. The van der Waals surface area contributed by atoms with Crippen LogP contribution in [0.1, 0.15) is 37.1 Å². The minimum absolute atomic E-state index is 0.0466. The normalized spacial score (nSPS) is 13.3. The predicted octanol–water partition coefficient (Wildman–Crippen LogP) is 1.33. The molecule has 2 atom stereocenters. The summed E-state index contributed by atoms with van der Waals surface area (Å²) in [6, 6.07) is 7.54. The first-order valence-corrected chi connectivity index (χ1v) is 7.14. The van der Waals surface area contributed by atoms with Crippen LogP contribution in [0.2, 0.25) is 0 Å². The van der Waals surface area contributed by atoms with E-state index in [4.69, 9.17) is 9.47 Å². The van der Waals surface area contributed by atoms with Crippen molar-refractivity contribution in [2.24, 2.45) is 0 Å². The lowest BCUT2D eigenvalue weighted by Gasteiger charge is -2.17. The van der Waals surface area contributed by atoms with Crippen LogP contribution in [-0.2, 0) is 19.1 Å². The van der Waals surface area contributed by atoms with Crippen LogP contribution < -0.4 is 10.6 Å². The van der Waals surface area contributed by atoms with Crippen LogP contribution in [0.5, 0.6) is 0 Å². The summed E-state index contributed by atoms with van der Waals surface area (Å²) >= 11 is 0. The van der Waals surface area contributed by atoms with Gasteiger partial charge in [-0.25, -0.2) is 0 Å². The van der Waals surface area contributed by atoms with Gasteiger partial charge in [0, 0.05) is 14.2 Å². The summed E-state index contributed by atoms with van der Waals surface area (Å²) in [6.07, 6.45) is 0. The molecule has 1 aromatic rings. The van der Waals surface area contributed by atoms with Crippen molar-refractivity contribution in [2.75, 3.05) is 27.4 Å². The summed E-state index contributed by atoms with van der Waals surface area (Å²) in [7, 11) is 2.97. The van der Waals surface area contributed by atoms with E-state index in [0.717, 1.165) is 11.1 Å². The van der Waals surface area contributed by atoms with Gasteiger partial charge in [-0.05, 0) is 25.0 Å². The molecule has 0 radical (unpaired) electrons. The number of hydrogen-bond donors (Lipinski definition) is 2. The number of carbonyl (C=O) groups is 2. The Morgan fingerprint density at radius 1 is 0.864 bits per heavy atom. The number of benzene rings is 1. The third-order valence-corrected chi connectivity index (χ3v) is 3.24. The molecule has 1 aromatic carbocycles. The Labute approximate surface area is 131 Å². The number of nitrogens with one attached hydrogen (secondary N) is 2. The average molecular weight is 308 g/mol. The van der Waals surface area contributed by atoms with Crippen molar-refractivity contribution in [3.05, 3.63) is 35.4 Å². The monoisotopic (exact) mass is 308 g/mol. The van der Waals surface area contributed by atoms with E-state index < -0.39 is 0 Å². The Hall–Kier alpha value is -1.92. The zero-order chi connectivity index (χ0) is 16.5. The van der Waals surface area contributed by atoms with Crippen molar-refractivity contribution in [1.29, 1.82) is 0 Å². The Kier molecular flexibility index (Phi) is 7.56. The van der Waals surface area contributed by atoms with Gasteiger partial charge >= 0.3 is 0 Å². The van der Waals surface area contributed by atoms with Crippen molar-refractivity contribution >= 4 is 11.8 Å². The number of carbonyl (C=O) groups excluding carboxylic acids is 2. The van der Waals surface area contributed by atoms with E-state index >= 15 is 0 Å². The van der Waals surface area contributed by atoms with E-state index in [-0.39, 0.29) is 37.1 Å². The Morgan fingerprint density at radius 2 is 1.18 bits per heavy atom. The van der Waals surface area contributed by atoms with E-state index in [2.05, 4.69) is 10.6 Å². The zero-order valence-corrected chi connectivity index (χ0v) is 13.5. The molecular weight excluding hydrogens is 284 g/mol. The van der Waals surface area contributed by atoms with Gasteiger partial charge in [0.2, 0.25) is 11.8 Å². The molecule has 0 heterocycles. The SMILES string of the molecule is COCC(=O)N[C@H](C)c1ccc([C@@H](C)NC(=O)COC)cc1. The Bertz CT molecular complexity index is 442. The number of ether oxygens (including phenoxy) is 2. The summed E-state index contributed by atoms with van der Waals surface area (Å²) in [5.74, 6) is -0.307. The third kappa shape index (κ3) is 5.83. The number of hydrogen-bond acceptors (Lipinski definition) is 4. The molecule has 0 aliphatic rings. The largest absolute Gasteiger partial charge is 0.375 e. The highest BCUT2D eigenvalue weighted by Crippen LogP contribution is 2.17. The van der Waals surface area contributed by atoms with Gasteiger partial charge in [0.15, 0.2) is 0 Å². The fourth-order valence-corrected chi connectivity index (χ4v) is 2.07. The van der Waals surface area contributed by atoms with E-state index in [9.17, 15) is 9.59 Å². The van der Waals surface area contributed by atoms with Gasteiger partial charge < -0.3 is 20.1 Å². The highest BCUT2D eigenvalue weighted by atomic mass is 16.5. The summed E-state index contributed by atoms with van der Waals surface area (Å²) in [5.41, 5.74) is 1.98. The molecule has 0 bridgehead atoms. The second-order valence-electron chi connectivity index (χ2n) is 5.11. The van der Waals surface area contributed by atoms with E-state index in [1.165, 1.54) is 14.2 Å². The smallest absolute Gasteiger partial charge is 0.246 e. The minimum atomic E-state index is -0.153. The van der Waals surface area contributed by atoms with Gasteiger partial charge in [0.05, 0.1) is 12.1 Å². The molecule has 0 aliphatic heterocycles. The summed E-state index contributed by atoms with van der Waals surface area (Å²) in [5, 5.41) is 5.69. The number of methoxy groups -OCH3 is 2. The zero-order valence-electron chi connectivity index (χ0n) is 13.5. The fourth-order valence-electron chi connectivity index (χ4n) is 2.07. The molecule has 2 amide bonds. The lowest BCUT2D eigenvalue weighted by Crippen LogP contribution is -2.30. The van der Waals surface area contributed by atoms with Crippen molar-refractivity contribution in [2.45, 2.75) is 25.9 Å². The molecule has 2 N–H and O–H groups in total. The molecule has 0 unspecified atom stereocenters. The molecular formula is C16H24N2O4. The Balaban J connectivity index is 2.61. The van der Waals surface area contributed by atoms with Crippen LogP contribution in [0.4, 0.5) is 0 Å². The number of rotatable bonds is 8. The first-order valence-electron chi connectivity index (χ1n) is 7.14. The molecule has 22 heavy (non-hydrogen) atoms. The minimum Gasteiger partial charge on any atom is -0.375 e. The molecule has 0 aromatic heterocycles. The highest BCUT2D eigenvalue weighted by molar-refractivity contribution is 5.78. The van der Waals surface area contributed by atoms with Gasteiger partial charge in [0.25, 0.3) is 0 Å². The van der Waals surface area contributed by atoms with E-state index in [1.54, 1.807) is 0 Å². The van der Waals surface area contributed by atoms with Crippen molar-refractivity contribution in [1.82, 2.24) is 10.6 Å². The van der Waals surface area contributed by atoms with E-state index in [0.29, 0.717) is 0 Å². The van der Waals surface area contributed by atoms with Crippen molar-refractivity contribution in [3.8, 4) is 0 Å². The van der Waals surface area contributed by atoms with Crippen LogP contribution in [-0.4, -0.2) is 39.2 Å². The summed E-state index contributed by atoms with van der Waals surface area (Å²) in [6.45, 7) is 3.91. The maximum absolute atomic E-state index is 11.5. The van der Waals surface area contributed by atoms with Crippen LogP contribution in [0.3, 0.4) is 0 Å². The maximum Gasteiger partial charge on any atom is 0.246 e. The lowest BCUT2D eigenvalue weighted by molar-refractivity contribution is -0.126. The van der Waals surface area contributed by atoms with Gasteiger partial charge in [-0.2, -0.15) is 0 Å². The van der Waals surface area contributed by atoms with Crippen LogP contribution >= 0.6 is 0 Å². The van der Waals surface area contributed by atoms with Crippen LogP contribution in [0.15, 0.2) is 24.3 Å². The highest BCUT2D eigenvalue weighted by Gasteiger charge is 2.12. The molecule has 0 aliphatic carbocycles. The number of amides is 2. The van der Waals surface area contributed by atoms with Gasteiger partial charge in [-0.3, -0.25) is 9.59 Å². The fraction of sp³-hybridized carbons (Fsp3) is 0.500. The topological polar surface area (TPSA) is 76.7 Å². The molecule has 1 rings (SSSR count). The third-order valence-electron chi connectivity index (χ3n) is 3.24. The van der Waals surface area contributed by atoms with Crippen LogP contribution in [0.25, 0.3) is 0 Å². The Morgan fingerprint density at radius 3 is 1.45 bits per heavy atom. The second-order valence-corrected chi connectivity index (χ2v) is 5.11. The van der Waals surface area contributed by atoms with Crippen LogP contribution in [0, 0.1) is 0 Å². The quantitative estimate of drug-likeness (QED) is 0.760. The first-order chi connectivity index (χ1) is 10.5. The molecule has 0 saturated heterocycles. The van der Waals surface area contributed by atoms with Crippen molar-refractivity contribution < 1.29 is 19.1 Å². The molecule has 0 saturated carbocycles. The molecule has 122 valence electrons. The summed E-state index contributed by atoms with van der Waals surface area (Å²) in [4.78, 5) is 23.0. The van der Waals surface area contributed by atoms with Crippen molar-refractivity contribution in [3.63, 3.8) is 0 Å². The van der Waals surface area contributed by atoms with Gasteiger partial charge in [-0.15, -0.1) is 0 Å². The van der Waals surface area contributed by atoms with E-state index in [1.807, 2.05) is 38.1 Å². The summed E-state index contributed by atoms with van der Waals surface area (Å²) < 4.78 is 9.57. The standard InChI is InChI=1S/C16H24N2O4/c1-11(17-15(19)9-21-3)13-5-7-14(8-6-13)12(2)18-16(20)10-22-4/h5-8,11-12H,9-10H2,1-4H3,(H,17,19)(H,18,20)/t11-,12-/m1/s1. The predicted molar refractivity (Wildman–Crippen MR) is 83.3 cm³/mol. The second kappa shape index (κ2) is 9.17. The van der Waals surface area contributed by atoms with Gasteiger partial charge in [-0.1, -0.05) is 24.3 Å². The molecule has 0 spiro atoms. The van der Waals surface area contributed by atoms with Gasteiger partial charge in [0.1, 0.15) is 13.2 Å². The molecule has 0 fully saturated rings.